The standard InChI is InChI=1S/C17H25Br2N/c1-2-11-20-17(10-7-13-5-3-4-6-13)15-12-14(18)8-9-16(15)19/h8-9,12-13,17,20H,2-7,10-11H2,1H3. The van der Waals surface area contributed by atoms with Crippen LogP contribution in [0, 0.1) is 5.92 Å². The zero-order valence-corrected chi connectivity index (χ0v) is 15.5. The van der Waals surface area contributed by atoms with Gasteiger partial charge in [0.2, 0.25) is 0 Å². The summed E-state index contributed by atoms with van der Waals surface area (Å²) >= 11 is 7.32. The maximum absolute atomic E-state index is 3.73. The summed E-state index contributed by atoms with van der Waals surface area (Å²) in [6, 6.07) is 6.98. The topological polar surface area (TPSA) is 12.0 Å². The van der Waals surface area contributed by atoms with Crippen LogP contribution in [0.3, 0.4) is 0 Å². The third kappa shape index (κ3) is 4.85. The fourth-order valence-electron chi connectivity index (χ4n) is 3.17. The van der Waals surface area contributed by atoms with E-state index in [0.29, 0.717) is 6.04 Å². The molecule has 0 radical (unpaired) electrons. The van der Waals surface area contributed by atoms with E-state index in [1.54, 1.807) is 0 Å². The monoisotopic (exact) mass is 401 g/mol. The summed E-state index contributed by atoms with van der Waals surface area (Å²) in [6.07, 6.45) is 9.57. The minimum atomic E-state index is 0.474. The average molecular weight is 403 g/mol. The second-order valence-corrected chi connectivity index (χ2v) is 7.67. The van der Waals surface area contributed by atoms with Crippen molar-refractivity contribution in [1.29, 1.82) is 0 Å². The predicted octanol–water partition coefficient (Wildman–Crippen LogP) is 6.22. The second kappa shape index (κ2) is 8.55. The van der Waals surface area contributed by atoms with E-state index < -0.39 is 0 Å². The van der Waals surface area contributed by atoms with Crippen LogP contribution >= 0.6 is 31.9 Å². The third-order valence-electron chi connectivity index (χ3n) is 4.31. The smallest absolute Gasteiger partial charge is 0.0331 e. The molecule has 0 heterocycles. The molecule has 1 unspecified atom stereocenters. The molecule has 2 rings (SSSR count). The molecule has 1 atom stereocenters. The first kappa shape index (κ1) is 16.5. The molecule has 0 spiro atoms. The Morgan fingerprint density at radius 1 is 1.25 bits per heavy atom. The Bertz CT molecular complexity index is 413. The maximum atomic E-state index is 3.73. The first-order valence-corrected chi connectivity index (χ1v) is 9.47. The van der Waals surface area contributed by atoms with Crippen molar-refractivity contribution >= 4 is 31.9 Å². The lowest BCUT2D eigenvalue weighted by Crippen LogP contribution is -2.23. The van der Waals surface area contributed by atoms with Gasteiger partial charge in [-0.2, -0.15) is 0 Å². The van der Waals surface area contributed by atoms with Crippen LogP contribution in [0.5, 0.6) is 0 Å². The van der Waals surface area contributed by atoms with Gasteiger partial charge in [-0.05, 0) is 55.5 Å². The molecular formula is C17H25Br2N. The van der Waals surface area contributed by atoms with Crippen molar-refractivity contribution in [2.75, 3.05) is 6.54 Å². The van der Waals surface area contributed by atoms with E-state index in [4.69, 9.17) is 0 Å². The van der Waals surface area contributed by atoms with Gasteiger partial charge in [0, 0.05) is 15.0 Å². The summed E-state index contributed by atoms with van der Waals surface area (Å²) in [7, 11) is 0. The fourth-order valence-corrected chi connectivity index (χ4v) is 4.07. The van der Waals surface area contributed by atoms with Crippen LogP contribution in [0.2, 0.25) is 0 Å². The van der Waals surface area contributed by atoms with Crippen molar-refractivity contribution in [3.05, 3.63) is 32.7 Å². The van der Waals surface area contributed by atoms with Gasteiger partial charge in [0.05, 0.1) is 0 Å². The van der Waals surface area contributed by atoms with Crippen LogP contribution in [-0.4, -0.2) is 6.54 Å². The zero-order chi connectivity index (χ0) is 14.4. The maximum Gasteiger partial charge on any atom is 0.0331 e. The van der Waals surface area contributed by atoms with Crippen LogP contribution in [0.15, 0.2) is 27.1 Å². The highest BCUT2D eigenvalue weighted by Crippen LogP contribution is 2.34. The van der Waals surface area contributed by atoms with Crippen molar-refractivity contribution in [3.63, 3.8) is 0 Å². The summed E-state index contributed by atoms with van der Waals surface area (Å²) in [6.45, 7) is 3.32. The largest absolute Gasteiger partial charge is 0.310 e. The van der Waals surface area contributed by atoms with Gasteiger partial charge in [-0.3, -0.25) is 0 Å². The molecule has 0 saturated heterocycles. The van der Waals surface area contributed by atoms with Crippen molar-refractivity contribution in [2.45, 2.75) is 57.9 Å². The molecule has 1 nitrogen and oxygen atoms in total. The fraction of sp³-hybridized carbons (Fsp3) is 0.647. The van der Waals surface area contributed by atoms with Gasteiger partial charge in [-0.1, -0.05) is 64.5 Å². The first-order chi connectivity index (χ1) is 9.70. The van der Waals surface area contributed by atoms with E-state index in [0.717, 1.165) is 12.5 Å². The first-order valence-electron chi connectivity index (χ1n) is 7.89. The molecule has 1 aromatic carbocycles. The number of rotatable bonds is 7. The molecule has 1 saturated carbocycles. The highest BCUT2D eigenvalue weighted by atomic mass is 79.9. The lowest BCUT2D eigenvalue weighted by Gasteiger charge is -2.22. The molecule has 0 bridgehead atoms. The van der Waals surface area contributed by atoms with E-state index in [2.05, 4.69) is 62.3 Å². The molecule has 0 amide bonds. The van der Waals surface area contributed by atoms with Gasteiger partial charge in [0.1, 0.15) is 0 Å². The minimum absolute atomic E-state index is 0.474. The predicted molar refractivity (Wildman–Crippen MR) is 94.1 cm³/mol. The molecular weight excluding hydrogens is 378 g/mol. The van der Waals surface area contributed by atoms with Crippen molar-refractivity contribution in [3.8, 4) is 0 Å². The lowest BCUT2D eigenvalue weighted by atomic mass is 9.94. The van der Waals surface area contributed by atoms with Crippen LogP contribution in [0.4, 0.5) is 0 Å². The Kier molecular flexibility index (Phi) is 7.06. The van der Waals surface area contributed by atoms with E-state index in [1.807, 2.05) is 0 Å². The Morgan fingerprint density at radius 3 is 2.70 bits per heavy atom. The van der Waals surface area contributed by atoms with Gasteiger partial charge in [-0.15, -0.1) is 0 Å². The Balaban J connectivity index is 2.02. The molecule has 1 aliphatic rings. The molecule has 20 heavy (non-hydrogen) atoms. The van der Waals surface area contributed by atoms with Crippen LogP contribution in [-0.2, 0) is 0 Å². The molecule has 0 aromatic heterocycles. The van der Waals surface area contributed by atoms with Gasteiger partial charge in [0.25, 0.3) is 0 Å². The minimum Gasteiger partial charge on any atom is -0.310 e. The third-order valence-corrected chi connectivity index (χ3v) is 5.53. The quantitative estimate of drug-likeness (QED) is 0.570. The highest BCUT2D eigenvalue weighted by molar-refractivity contribution is 9.11. The van der Waals surface area contributed by atoms with Gasteiger partial charge in [0.15, 0.2) is 0 Å². The molecule has 0 aliphatic heterocycles. The summed E-state index contributed by atoms with van der Waals surface area (Å²) < 4.78 is 2.39. The average Bonchev–Trinajstić information content (AvgIpc) is 2.95. The van der Waals surface area contributed by atoms with Gasteiger partial charge >= 0.3 is 0 Å². The normalized spacial score (nSPS) is 17.6. The van der Waals surface area contributed by atoms with Crippen molar-refractivity contribution < 1.29 is 0 Å². The SMILES string of the molecule is CCCNC(CCC1CCCC1)c1cc(Br)ccc1Br. The summed E-state index contributed by atoms with van der Waals surface area (Å²) in [5, 5.41) is 3.73. The van der Waals surface area contributed by atoms with E-state index in [-0.39, 0.29) is 0 Å². The number of hydrogen-bond acceptors (Lipinski definition) is 1. The van der Waals surface area contributed by atoms with E-state index in [9.17, 15) is 0 Å². The van der Waals surface area contributed by atoms with Crippen molar-refractivity contribution in [2.24, 2.45) is 5.92 Å². The molecule has 112 valence electrons. The van der Waals surface area contributed by atoms with Gasteiger partial charge in [-0.25, -0.2) is 0 Å². The summed E-state index contributed by atoms with van der Waals surface area (Å²) in [5.74, 6) is 0.965. The molecule has 1 fully saturated rings. The highest BCUT2D eigenvalue weighted by Gasteiger charge is 2.19. The lowest BCUT2D eigenvalue weighted by molar-refractivity contribution is 0.411. The van der Waals surface area contributed by atoms with Crippen molar-refractivity contribution in [1.82, 2.24) is 5.32 Å². The Morgan fingerprint density at radius 2 is 2.00 bits per heavy atom. The van der Waals surface area contributed by atoms with Crippen LogP contribution in [0.1, 0.15) is 63.5 Å². The van der Waals surface area contributed by atoms with E-state index in [1.165, 1.54) is 59.5 Å². The second-order valence-electron chi connectivity index (χ2n) is 5.90. The number of benzene rings is 1. The molecule has 3 heteroatoms. The van der Waals surface area contributed by atoms with Crippen LogP contribution < -0.4 is 5.32 Å². The zero-order valence-electron chi connectivity index (χ0n) is 12.3. The van der Waals surface area contributed by atoms with Crippen LogP contribution in [0.25, 0.3) is 0 Å². The number of hydrogen-bond donors (Lipinski definition) is 1. The molecule has 1 aromatic rings. The molecule has 1 aliphatic carbocycles. The summed E-state index contributed by atoms with van der Waals surface area (Å²) in [5.41, 5.74) is 1.39. The number of nitrogens with one attached hydrogen (secondary N) is 1. The Labute approximate surface area is 140 Å². The Hall–Kier alpha value is 0.140. The van der Waals surface area contributed by atoms with E-state index >= 15 is 0 Å². The summed E-state index contributed by atoms with van der Waals surface area (Å²) in [4.78, 5) is 0. The van der Waals surface area contributed by atoms with Gasteiger partial charge < -0.3 is 5.32 Å². The number of halogens is 2. The molecule has 1 N–H and O–H groups in total.